The molecule has 2 rings (SSSR count). The van der Waals surface area contributed by atoms with Gasteiger partial charge in [-0.2, -0.15) is 0 Å². The van der Waals surface area contributed by atoms with E-state index in [2.05, 4.69) is 6.92 Å². The van der Waals surface area contributed by atoms with Gasteiger partial charge in [0.15, 0.2) is 0 Å². The third-order valence-corrected chi connectivity index (χ3v) is 4.40. The van der Waals surface area contributed by atoms with Crippen molar-refractivity contribution in [1.82, 2.24) is 0 Å². The normalized spacial score (nSPS) is 41.8. The maximum atomic E-state index is 2.49. The average Bonchev–Trinajstić information content (AvgIpc) is 2.24. The molecule has 0 aromatic rings. The fraction of sp³-hybridized carbons (Fsp3) is 1.00. The molecule has 2 saturated carbocycles. The van der Waals surface area contributed by atoms with E-state index in [0.29, 0.717) is 0 Å². The summed E-state index contributed by atoms with van der Waals surface area (Å²) >= 11 is 0. The van der Waals surface area contributed by atoms with Crippen molar-refractivity contribution in [3.63, 3.8) is 0 Å². The van der Waals surface area contributed by atoms with Gasteiger partial charge >= 0.3 is 0 Å². The van der Waals surface area contributed by atoms with Gasteiger partial charge in [0.25, 0.3) is 0 Å². The number of hydrogen-bond acceptors (Lipinski definition) is 0. The van der Waals surface area contributed by atoms with E-state index in [1.54, 1.807) is 19.3 Å². The Morgan fingerprint density at radius 1 is 0.769 bits per heavy atom. The molecular weight excluding hydrogens is 156 g/mol. The highest BCUT2D eigenvalue weighted by Gasteiger charge is 2.26. The summed E-state index contributed by atoms with van der Waals surface area (Å²) in [6.07, 6.45) is 13.8. The maximum Gasteiger partial charge on any atom is -0.0386 e. The van der Waals surface area contributed by atoms with Crippen molar-refractivity contribution >= 4 is 0 Å². The molecule has 0 N–H and O–H groups in total. The summed E-state index contributed by atoms with van der Waals surface area (Å²) in [4.78, 5) is 0. The predicted molar refractivity (Wildman–Crippen MR) is 57.7 cm³/mol. The van der Waals surface area contributed by atoms with E-state index < -0.39 is 0 Å². The molecule has 0 heterocycles. The van der Waals surface area contributed by atoms with Crippen molar-refractivity contribution in [3.8, 4) is 0 Å². The minimum absolute atomic E-state index is 1.03. The second-order valence-corrected chi connectivity index (χ2v) is 5.41. The highest BCUT2D eigenvalue weighted by molar-refractivity contribution is 4.77. The Labute approximate surface area is 83.1 Å². The average molecular weight is 180 g/mol. The van der Waals surface area contributed by atoms with Crippen molar-refractivity contribution < 1.29 is 0 Å². The summed E-state index contributed by atoms with van der Waals surface area (Å²) in [6, 6.07) is 0. The van der Waals surface area contributed by atoms with Crippen LogP contribution in [0.25, 0.3) is 0 Å². The van der Waals surface area contributed by atoms with Crippen LogP contribution in [0.5, 0.6) is 0 Å². The lowest BCUT2D eigenvalue weighted by molar-refractivity contribution is 0.252. The molecule has 0 aliphatic heterocycles. The molecule has 0 aromatic heterocycles. The van der Waals surface area contributed by atoms with E-state index >= 15 is 0 Å². The smallest absolute Gasteiger partial charge is 0.0386 e. The fourth-order valence-corrected chi connectivity index (χ4v) is 3.42. The van der Waals surface area contributed by atoms with Crippen LogP contribution < -0.4 is 0 Å². The summed E-state index contributed by atoms with van der Waals surface area (Å²) in [6.45, 7) is 2.49. The standard InChI is InChI=1S/C13H24/c1-11-6-5-8-12-7-3-2-4-9-13(11)10-12/h11-13H,2-10H2,1H3/t11?,12-,13?/m0/s1. The highest BCUT2D eigenvalue weighted by atomic mass is 14.3. The van der Waals surface area contributed by atoms with E-state index in [9.17, 15) is 0 Å². The monoisotopic (exact) mass is 180 g/mol. The molecule has 0 aromatic carbocycles. The lowest BCUT2D eigenvalue weighted by Crippen LogP contribution is -2.15. The van der Waals surface area contributed by atoms with Crippen LogP contribution in [0, 0.1) is 17.8 Å². The molecule has 0 radical (unpaired) electrons. The SMILES string of the molecule is CC1CCC[C@@H]2CCCCCC1C2. The maximum absolute atomic E-state index is 2.49. The molecule has 13 heavy (non-hydrogen) atoms. The molecule has 0 heteroatoms. The van der Waals surface area contributed by atoms with Gasteiger partial charge in [0, 0.05) is 0 Å². The Bertz CT molecular complexity index is 148. The van der Waals surface area contributed by atoms with Crippen LogP contribution in [0.1, 0.15) is 64.7 Å². The van der Waals surface area contributed by atoms with E-state index in [4.69, 9.17) is 0 Å². The summed E-state index contributed by atoms with van der Waals surface area (Å²) < 4.78 is 0. The first-order valence-corrected chi connectivity index (χ1v) is 6.36. The van der Waals surface area contributed by atoms with Gasteiger partial charge in [-0.15, -0.1) is 0 Å². The van der Waals surface area contributed by atoms with Crippen molar-refractivity contribution in [3.05, 3.63) is 0 Å². The van der Waals surface area contributed by atoms with Crippen LogP contribution in [-0.4, -0.2) is 0 Å². The van der Waals surface area contributed by atoms with Gasteiger partial charge in [-0.05, 0) is 24.2 Å². The third-order valence-electron chi connectivity index (χ3n) is 4.40. The third kappa shape index (κ3) is 2.48. The van der Waals surface area contributed by atoms with Crippen LogP contribution in [0.4, 0.5) is 0 Å². The van der Waals surface area contributed by atoms with E-state index in [1.165, 1.54) is 38.5 Å². The van der Waals surface area contributed by atoms with Gasteiger partial charge in [-0.25, -0.2) is 0 Å². The van der Waals surface area contributed by atoms with E-state index in [-0.39, 0.29) is 0 Å². The van der Waals surface area contributed by atoms with Crippen LogP contribution in [0.3, 0.4) is 0 Å². The molecule has 2 fully saturated rings. The van der Waals surface area contributed by atoms with Gasteiger partial charge in [-0.3, -0.25) is 0 Å². The molecule has 2 bridgehead atoms. The molecule has 0 spiro atoms. The summed E-state index contributed by atoms with van der Waals surface area (Å²) in [5, 5.41) is 0. The largest absolute Gasteiger partial charge is 0.0622 e. The van der Waals surface area contributed by atoms with Gasteiger partial charge < -0.3 is 0 Å². The zero-order valence-corrected chi connectivity index (χ0v) is 9.10. The molecule has 2 unspecified atom stereocenters. The molecular formula is C13H24. The zero-order valence-electron chi connectivity index (χ0n) is 9.10. The Kier molecular flexibility index (Phi) is 3.29. The topological polar surface area (TPSA) is 0 Å². The second kappa shape index (κ2) is 4.48. The number of rotatable bonds is 0. The molecule has 2 aliphatic carbocycles. The lowest BCUT2D eigenvalue weighted by atomic mass is 9.80. The summed E-state index contributed by atoms with van der Waals surface area (Å²) in [7, 11) is 0. The molecule has 0 saturated heterocycles. The van der Waals surface area contributed by atoms with Gasteiger partial charge in [-0.1, -0.05) is 58.3 Å². The van der Waals surface area contributed by atoms with Crippen molar-refractivity contribution in [2.75, 3.05) is 0 Å². The molecule has 76 valence electrons. The second-order valence-electron chi connectivity index (χ2n) is 5.41. The first-order valence-electron chi connectivity index (χ1n) is 6.36. The quantitative estimate of drug-likeness (QED) is 0.518. The number of fused-ring (bicyclic) bond motifs is 2. The van der Waals surface area contributed by atoms with Crippen molar-refractivity contribution in [1.29, 1.82) is 0 Å². The van der Waals surface area contributed by atoms with E-state index in [1.807, 2.05) is 0 Å². The summed E-state index contributed by atoms with van der Waals surface area (Å²) in [5.74, 6) is 3.23. The molecule has 0 nitrogen and oxygen atoms in total. The zero-order chi connectivity index (χ0) is 9.10. The molecule has 3 atom stereocenters. The Morgan fingerprint density at radius 2 is 1.54 bits per heavy atom. The summed E-state index contributed by atoms with van der Waals surface area (Å²) in [5.41, 5.74) is 0. The van der Waals surface area contributed by atoms with Crippen molar-refractivity contribution in [2.24, 2.45) is 17.8 Å². The van der Waals surface area contributed by atoms with Crippen LogP contribution in [-0.2, 0) is 0 Å². The van der Waals surface area contributed by atoms with E-state index in [0.717, 1.165) is 17.8 Å². The first-order chi connectivity index (χ1) is 6.36. The first kappa shape index (κ1) is 9.55. The Balaban J connectivity index is 1.99. The fourth-order valence-electron chi connectivity index (χ4n) is 3.42. The lowest BCUT2D eigenvalue weighted by Gasteiger charge is -2.26. The predicted octanol–water partition coefficient (Wildman–Crippen LogP) is 4.39. The minimum Gasteiger partial charge on any atom is -0.0622 e. The van der Waals surface area contributed by atoms with Gasteiger partial charge in [0.2, 0.25) is 0 Å². The molecule has 2 aliphatic rings. The van der Waals surface area contributed by atoms with Crippen LogP contribution >= 0.6 is 0 Å². The van der Waals surface area contributed by atoms with Crippen LogP contribution in [0.2, 0.25) is 0 Å². The Hall–Kier alpha value is 0. The minimum atomic E-state index is 1.03. The van der Waals surface area contributed by atoms with Crippen LogP contribution in [0.15, 0.2) is 0 Å². The number of hydrogen-bond donors (Lipinski definition) is 0. The van der Waals surface area contributed by atoms with Gasteiger partial charge in [0.05, 0.1) is 0 Å². The van der Waals surface area contributed by atoms with Gasteiger partial charge in [0.1, 0.15) is 0 Å². The highest BCUT2D eigenvalue weighted by Crippen LogP contribution is 2.38. The molecule has 0 amide bonds. The van der Waals surface area contributed by atoms with Crippen molar-refractivity contribution in [2.45, 2.75) is 64.7 Å². The Morgan fingerprint density at radius 3 is 2.46 bits per heavy atom.